The van der Waals surface area contributed by atoms with Crippen LogP contribution >= 0.6 is 23.2 Å². The van der Waals surface area contributed by atoms with E-state index in [1.54, 1.807) is 23.8 Å². The minimum Gasteiger partial charge on any atom is -0.497 e. The molecule has 2 atom stereocenters. The largest absolute Gasteiger partial charge is 0.497 e. The number of aromatic nitrogens is 3. The molecule has 4 rings (SSSR count). The molecule has 0 spiro atoms. The van der Waals surface area contributed by atoms with E-state index in [4.69, 9.17) is 38.0 Å². The predicted octanol–water partition coefficient (Wildman–Crippen LogP) is 5.61. The second-order valence-corrected chi connectivity index (χ2v) is 9.05. The van der Waals surface area contributed by atoms with Crippen molar-refractivity contribution in [3.63, 3.8) is 0 Å². The van der Waals surface area contributed by atoms with Crippen LogP contribution in [0.4, 0.5) is 10.2 Å². The van der Waals surface area contributed by atoms with Crippen LogP contribution in [0.2, 0.25) is 10.0 Å². The number of hydrogen-bond donors (Lipinski definition) is 2. The lowest BCUT2D eigenvalue weighted by Crippen LogP contribution is -2.41. The van der Waals surface area contributed by atoms with Gasteiger partial charge in [-0.05, 0) is 38.8 Å². The van der Waals surface area contributed by atoms with Gasteiger partial charge in [0.25, 0.3) is 0 Å². The fourth-order valence-corrected chi connectivity index (χ4v) is 4.99. The number of rotatable bonds is 7. The molecule has 0 amide bonds. The van der Waals surface area contributed by atoms with Gasteiger partial charge in [-0.2, -0.15) is 9.61 Å². The number of methoxy groups -OCH3 is 1. The molecule has 2 aromatic heterocycles. The number of hydrogen-bond acceptors (Lipinski definition) is 5. The average molecular weight is 480 g/mol. The normalized spacial score (nSPS) is 18.8. The van der Waals surface area contributed by atoms with E-state index < -0.39 is 6.17 Å². The quantitative estimate of drug-likeness (QED) is 0.431. The van der Waals surface area contributed by atoms with Crippen LogP contribution in [0.1, 0.15) is 37.1 Å². The fourth-order valence-electron chi connectivity index (χ4n) is 4.33. The third-order valence-corrected chi connectivity index (χ3v) is 6.51. The molecule has 3 aromatic rings. The van der Waals surface area contributed by atoms with Crippen molar-refractivity contribution in [2.45, 2.75) is 51.7 Å². The lowest BCUT2D eigenvalue weighted by Gasteiger charge is -2.26. The van der Waals surface area contributed by atoms with Gasteiger partial charge in [0.05, 0.1) is 28.4 Å². The molecule has 1 aliphatic rings. The van der Waals surface area contributed by atoms with E-state index in [1.165, 1.54) is 0 Å². The van der Waals surface area contributed by atoms with Crippen molar-refractivity contribution in [1.82, 2.24) is 19.9 Å². The standard InChI is InChI=1S/C23H28Cl2FN5O/c1-13-10-20(28-9-8-27-19-7-5-4-6-18(19)26)31-23(29-13)21(14(2)30-31)22-16(24)11-15(32-3)12-17(22)25/h10-12,18-19,27-28H,4-9H2,1-3H3. The molecule has 2 unspecified atom stereocenters. The molecule has 1 aromatic carbocycles. The van der Waals surface area contributed by atoms with Crippen molar-refractivity contribution in [2.75, 3.05) is 25.5 Å². The number of nitrogens with zero attached hydrogens (tertiary/aromatic N) is 3. The summed E-state index contributed by atoms with van der Waals surface area (Å²) in [5.41, 5.74) is 3.74. The van der Waals surface area contributed by atoms with Crippen molar-refractivity contribution in [2.24, 2.45) is 0 Å². The highest BCUT2D eigenvalue weighted by atomic mass is 35.5. The minimum atomic E-state index is -0.756. The van der Waals surface area contributed by atoms with Crippen LogP contribution < -0.4 is 15.4 Å². The summed E-state index contributed by atoms with van der Waals surface area (Å²) in [6.45, 7) is 5.14. The van der Waals surface area contributed by atoms with Crippen LogP contribution in [0.3, 0.4) is 0 Å². The second-order valence-electron chi connectivity index (χ2n) is 8.23. The molecule has 1 saturated carbocycles. The summed E-state index contributed by atoms with van der Waals surface area (Å²) in [5.74, 6) is 1.40. The zero-order chi connectivity index (χ0) is 22.8. The lowest BCUT2D eigenvalue weighted by atomic mass is 9.94. The van der Waals surface area contributed by atoms with E-state index in [9.17, 15) is 4.39 Å². The Morgan fingerprint density at radius 1 is 1.09 bits per heavy atom. The fraction of sp³-hybridized carbons (Fsp3) is 0.478. The highest BCUT2D eigenvalue weighted by Crippen LogP contribution is 2.41. The maximum Gasteiger partial charge on any atom is 0.165 e. The Morgan fingerprint density at radius 3 is 2.50 bits per heavy atom. The maximum absolute atomic E-state index is 14.0. The first kappa shape index (κ1) is 23.1. The van der Waals surface area contributed by atoms with Crippen LogP contribution in [-0.2, 0) is 0 Å². The summed E-state index contributed by atoms with van der Waals surface area (Å²) in [4.78, 5) is 4.72. The van der Waals surface area contributed by atoms with Gasteiger partial charge < -0.3 is 15.4 Å². The van der Waals surface area contributed by atoms with E-state index in [1.807, 2.05) is 19.9 Å². The van der Waals surface area contributed by atoms with Gasteiger partial charge in [0.2, 0.25) is 0 Å². The number of alkyl halides is 1. The Bertz CT molecular complexity index is 1100. The van der Waals surface area contributed by atoms with E-state index in [0.717, 1.165) is 42.0 Å². The summed E-state index contributed by atoms with van der Waals surface area (Å²) in [5, 5.41) is 12.4. The summed E-state index contributed by atoms with van der Waals surface area (Å²) >= 11 is 13.1. The summed E-state index contributed by atoms with van der Waals surface area (Å²) in [6, 6.07) is 5.35. The Hall–Kier alpha value is -2.09. The number of fused-ring (bicyclic) bond motifs is 1. The topological polar surface area (TPSA) is 63.5 Å². The molecule has 1 fully saturated rings. The Balaban J connectivity index is 1.60. The molecule has 0 bridgehead atoms. The number of benzene rings is 1. The van der Waals surface area contributed by atoms with Crippen LogP contribution in [0, 0.1) is 13.8 Å². The average Bonchev–Trinajstić information content (AvgIpc) is 3.07. The lowest BCUT2D eigenvalue weighted by molar-refractivity contribution is 0.191. The highest BCUT2D eigenvalue weighted by Gasteiger charge is 2.24. The van der Waals surface area contributed by atoms with E-state index in [-0.39, 0.29) is 6.04 Å². The molecule has 1 aliphatic carbocycles. The second kappa shape index (κ2) is 9.81. The smallest absolute Gasteiger partial charge is 0.165 e. The first-order valence-electron chi connectivity index (χ1n) is 10.9. The Labute approximate surface area is 197 Å². The number of aryl methyl sites for hydroxylation is 2. The Morgan fingerprint density at radius 2 is 1.81 bits per heavy atom. The summed E-state index contributed by atoms with van der Waals surface area (Å²) in [6.07, 6.45) is 2.86. The van der Waals surface area contributed by atoms with Crippen LogP contribution in [0.15, 0.2) is 18.2 Å². The highest BCUT2D eigenvalue weighted by molar-refractivity contribution is 6.39. The SMILES string of the molecule is COc1cc(Cl)c(-c2c(C)nn3c(NCCNC4CCCCC4F)cc(C)nc23)c(Cl)c1. The van der Waals surface area contributed by atoms with Crippen molar-refractivity contribution < 1.29 is 9.13 Å². The molecular weight excluding hydrogens is 452 g/mol. The molecule has 32 heavy (non-hydrogen) atoms. The molecule has 6 nitrogen and oxygen atoms in total. The van der Waals surface area contributed by atoms with Gasteiger partial charge in [-0.25, -0.2) is 9.37 Å². The molecule has 9 heteroatoms. The van der Waals surface area contributed by atoms with E-state index in [0.29, 0.717) is 46.5 Å². The Kier molecular flexibility index (Phi) is 7.08. The van der Waals surface area contributed by atoms with E-state index >= 15 is 0 Å². The number of ether oxygens (including phenoxy) is 1. The van der Waals surface area contributed by atoms with Gasteiger partial charge in [-0.3, -0.25) is 0 Å². The van der Waals surface area contributed by atoms with Gasteiger partial charge >= 0.3 is 0 Å². The molecule has 2 N–H and O–H groups in total. The third kappa shape index (κ3) is 4.65. The zero-order valence-electron chi connectivity index (χ0n) is 18.5. The molecule has 0 aliphatic heterocycles. The first-order valence-corrected chi connectivity index (χ1v) is 11.7. The van der Waals surface area contributed by atoms with Gasteiger partial charge in [-0.15, -0.1) is 0 Å². The molecule has 0 saturated heterocycles. The zero-order valence-corrected chi connectivity index (χ0v) is 20.0. The number of halogens is 3. The van der Waals surface area contributed by atoms with Crippen molar-refractivity contribution in [3.05, 3.63) is 39.6 Å². The molecule has 172 valence electrons. The monoisotopic (exact) mass is 479 g/mol. The van der Waals surface area contributed by atoms with Gasteiger partial charge in [0, 0.05) is 36.5 Å². The third-order valence-electron chi connectivity index (χ3n) is 5.91. The van der Waals surface area contributed by atoms with Crippen molar-refractivity contribution >= 4 is 34.7 Å². The van der Waals surface area contributed by atoms with Crippen LogP contribution in [0.25, 0.3) is 16.8 Å². The van der Waals surface area contributed by atoms with Crippen molar-refractivity contribution in [1.29, 1.82) is 0 Å². The summed E-state index contributed by atoms with van der Waals surface area (Å²) in [7, 11) is 1.57. The number of anilines is 1. The number of nitrogens with one attached hydrogen (secondary N) is 2. The molecule has 2 heterocycles. The van der Waals surface area contributed by atoms with Gasteiger partial charge in [0.1, 0.15) is 17.7 Å². The molecule has 0 radical (unpaired) electrons. The van der Waals surface area contributed by atoms with Gasteiger partial charge in [0.15, 0.2) is 5.65 Å². The summed E-state index contributed by atoms with van der Waals surface area (Å²) < 4.78 is 21.1. The minimum absolute atomic E-state index is 0.0531. The van der Waals surface area contributed by atoms with Crippen molar-refractivity contribution in [3.8, 4) is 16.9 Å². The van der Waals surface area contributed by atoms with Crippen LogP contribution in [-0.4, -0.2) is 47.0 Å². The maximum atomic E-state index is 14.0. The van der Waals surface area contributed by atoms with Gasteiger partial charge in [-0.1, -0.05) is 36.0 Å². The molecular formula is C23H28Cl2FN5O. The van der Waals surface area contributed by atoms with Crippen LogP contribution in [0.5, 0.6) is 5.75 Å². The first-order chi connectivity index (χ1) is 15.4. The predicted molar refractivity (Wildman–Crippen MR) is 128 cm³/mol. The van der Waals surface area contributed by atoms with E-state index in [2.05, 4.69) is 10.6 Å².